The van der Waals surface area contributed by atoms with Crippen LogP contribution in [0.4, 0.5) is 0 Å². The van der Waals surface area contributed by atoms with Gasteiger partial charge in [0.25, 0.3) is 0 Å². The van der Waals surface area contributed by atoms with E-state index in [0.717, 1.165) is 60.3 Å². The van der Waals surface area contributed by atoms with Crippen LogP contribution in [0.15, 0.2) is 60.0 Å². The number of nitrogens with zero attached hydrogens (tertiary/aromatic N) is 3. The fraction of sp³-hybridized carbons (Fsp3) is 0.333. The molecule has 0 N–H and O–H groups in total. The van der Waals surface area contributed by atoms with E-state index >= 15 is 0 Å². The summed E-state index contributed by atoms with van der Waals surface area (Å²) in [5, 5.41) is 3.25. The number of benzene rings is 2. The summed E-state index contributed by atoms with van der Waals surface area (Å²) in [4.78, 5) is 21.8. The van der Waals surface area contributed by atoms with Crippen molar-refractivity contribution in [2.24, 2.45) is 0 Å². The molecule has 1 aliphatic heterocycles. The lowest BCUT2D eigenvalue weighted by molar-refractivity contribution is -0.132. The molecule has 6 heteroatoms. The van der Waals surface area contributed by atoms with Crippen molar-refractivity contribution >= 4 is 17.2 Å². The molecule has 0 atom stereocenters. The number of amides is 1. The summed E-state index contributed by atoms with van der Waals surface area (Å²) in [6, 6.07) is 18.1. The van der Waals surface area contributed by atoms with Crippen molar-refractivity contribution in [3.05, 3.63) is 70.5 Å². The van der Waals surface area contributed by atoms with Crippen molar-refractivity contribution in [2.45, 2.75) is 19.9 Å². The Hall–Kier alpha value is -2.70. The molecule has 2 aromatic carbocycles. The number of piperazine rings is 1. The van der Waals surface area contributed by atoms with Crippen molar-refractivity contribution in [2.75, 3.05) is 32.8 Å². The summed E-state index contributed by atoms with van der Waals surface area (Å²) in [7, 11) is 0. The largest absolute Gasteiger partial charge is 0.494 e. The van der Waals surface area contributed by atoms with Gasteiger partial charge in [0.05, 0.1) is 25.3 Å². The highest BCUT2D eigenvalue weighted by molar-refractivity contribution is 7.09. The monoisotopic (exact) mass is 421 g/mol. The lowest BCUT2D eigenvalue weighted by atomic mass is 10.1. The van der Waals surface area contributed by atoms with Crippen molar-refractivity contribution in [3.63, 3.8) is 0 Å². The fourth-order valence-electron chi connectivity index (χ4n) is 3.63. The highest BCUT2D eigenvalue weighted by Crippen LogP contribution is 2.23. The first-order valence-electron chi connectivity index (χ1n) is 10.4. The van der Waals surface area contributed by atoms with Gasteiger partial charge in [0, 0.05) is 37.1 Å². The van der Waals surface area contributed by atoms with Crippen LogP contribution < -0.4 is 4.74 Å². The Kier molecular flexibility index (Phi) is 6.77. The van der Waals surface area contributed by atoms with Gasteiger partial charge in [0.1, 0.15) is 10.8 Å². The highest BCUT2D eigenvalue weighted by Gasteiger charge is 2.22. The van der Waals surface area contributed by atoms with Gasteiger partial charge in [0.2, 0.25) is 5.91 Å². The van der Waals surface area contributed by atoms with Gasteiger partial charge >= 0.3 is 0 Å². The van der Waals surface area contributed by atoms with E-state index in [1.54, 1.807) is 11.3 Å². The molecule has 30 heavy (non-hydrogen) atoms. The quantitative estimate of drug-likeness (QED) is 0.576. The van der Waals surface area contributed by atoms with Crippen molar-refractivity contribution in [1.29, 1.82) is 0 Å². The minimum absolute atomic E-state index is 0.194. The summed E-state index contributed by atoms with van der Waals surface area (Å²) in [6.45, 7) is 6.77. The van der Waals surface area contributed by atoms with Gasteiger partial charge in [0.15, 0.2) is 0 Å². The van der Waals surface area contributed by atoms with Crippen molar-refractivity contribution < 1.29 is 9.53 Å². The van der Waals surface area contributed by atoms with Crippen LogP contribution in [-0.2, 0) is 17.8 Å². The second kappa shape index (κ2) is 9.87. The van der Waals surface area contributed by atoms with E-state index < -0.39 is 0 Å². The van der Waals surface area contributed by atoms with Crippen molar-refractivity contribution in [1.82, 2.24) is 14.8 Å². The summed E-state index contributed by atoms with van der Waals surface area (Å²) >= 11 is 1.71. The number of aromatic nitrogens is 1. The van der Waals surface area contributed by atoms with Crippen molar-refractivity contribution in [3.8, 4) is 17.0 Å². The molecule has 2 heterocycles. The van der Waals surface area contributed by atoms with E-state index in [0.29, 0.717) is 13.0 Å². The van der Waals surface area contributed by atoms with Gasteiger partial charge in [-0.1, -0.05) is 42.5 Å². The Morgan fingerprint density at radius 2 is 1.77 bits per heavy atom. The molecular weight excluding hydrogens is 394 g/mol. The topological polar surface area (TPSA) is 45.7 Å². The van der Waals surface area contributed by atoms with E-state index in [2.05, 4.69) is 22.4 Å². The summed E-state index contributed by atoms with van der Waals surface area (Å²) in [5.74, 6) is 1.04. The molecule has 3 aromatic rings. The van der Waals surface area contributed by atoms with E-state index in [1.165, 1.54) is 0 Å². The molecule has 1 aliphatic rings. The third-order valence-corrected chi connectivity index (χ3v) is 6.13. The fourth-order valence-corrected chi connectivity index (χ4v) is 4.47. The van der Waals surface area contributed by atoms with Crippen LogP contribution in [0.5, 0.6) is 5.75 Å². The van der Waals surface area contributed by atoms with Crippen LogP contribution in [0, 0.1) is 0 Å². The SMILES string of the molecule is CCOc1ccc(CC(=O)N2CCN(Cc3nc(-c4ccccc4)cs3)CC2)cc1. The number of carbonyl (C=O) groups is 1. The third kappa shape index (κ3) is 5.26. The maximum atomic E-state index is 12.7. The molecule has 4 rings (SSSR count). The molecule has 1 aromatic heterocycles. The molecule has 156 valence electrons. The molecule has 1 amide bonds. The molecule has 5 nitrogen and oxygen atoms in total. The van der Waals surface area contributed by atoms with Gasteiger partial charge in [-0.2, -0.15) is 0 Å². The molecule has 1 fully saturated rings. The third-order valence-electron chi connectivity index (χ3n) is 5.29. The highest BCUT2D eigenvalue weighted by atomic mass is 32.1. The zero-order valence-corrected chi connectivity index (χ0v) is 18.1. The molecule has 0 radical (unpaired) electrons. The molecule has 0 aliphatic carbocycles. The van der Waals surface area contributed by atoms with Crippen LogP contribution >= 0.6 is 11.3 Å². The minimum Gasteiger partial charge on any atom is -0.494 e. The lowest BCUT2D eigenvalue weighted by Crippen LogP contribution is -2.48. The van der Waals surface area contributed by atoms with Gasteiger partial charge in [-0.05, 0) is 24.6 Å². The normalized spacial score (nSPS) is 14.6. The lowest BCUT2D eigenvalue weighted by Gasteiger charge is -2.34. The Morgan fingerprint density at radius 1 is 1.03 bits per heavy atom. The first-order valence-corrected chi connectivity index (χ1v) is 11.3. The number of hydrogen-bond donors (Lipinski definition) is 0. The Morgan fingerprint density at radius 3 is 2.47 bits per heavy atom. The predicted octanol–water partition coefficient (Wildman–Crippen LogP) is 4.10. The van der Waals surface area contributed by atoms with E-state index in [9.17, 15) is 4.79 Å². The number of ether oxygens (including phenoxy) is 1. The molecule has 1 saturated heterocycles. The number of rotatable bonds is 7. The smallest absolute Gasteiger partial charge is 0.227 e. The standard InChI is InChI=1S/C24H27N3O2S/c1-2-29-21-10-8-19(9-11-21)16-24(28)27-14-12-26(13-15-27)17-23-25-22(18-30-23)20-6-4-3-5-7-20/h3-11,18H,2,12-17H2,1H3. The molecule has 0 saturated carbocycles. The number of carbonyl (C=O) groups excluding carboxylic acids is 1. The minimum atomic E-state index is 0.194. The molecule has 0 bridgehead atoms. The summed E-state index contributed by atoms with van der Waals surface area (Å²) < 4.78 is 5.46. The van der Waals surface area contributed by atoms with Gasteiger partial charge in [-0.3, -0.25) is 9.69 Å². The predicted molar refractivity (Wildman–Crippen MR) is 121 cm³/mol. The Bertz CT molecular complexity index is 948. The maximum absolute atomic E-state index is 12.7. The van der Waals surface area contributed by atoms with Crippen LogP contribution in [0.25, 0.3) is 11.3 Å². The van der Waals surface area contributed by atoms with E-state index in [4.69, 9.17) is 9.72 Å². The zero-order valence-electron chi connectivity index (χ0n) is 17.3. The molecular formula is C24H27N3O2S. The average molecular weight is 422 g/mol. The average Bonchev–Trinajstić information content (AvgIpc) is 3.25. The molecule has 0 spiro atoms. The van der Waals surface area contributed by atoms with Gasteiger partial charge < -0.3 is 9.64 Å². The van der Waals surface area contributed by atoms with Gasteiger partial charge in [-0.15, -0.1) is 11.3 Å². The second-order valence-corrected chi connectivity index (χ2v) is 8.35. The zero-order chi connectivity index (χ0) is 20.8. The second-order valence-electron chi connectivity index (χ2n) is 7.40. The van der Waals surface area contributed by atoms with Gasteiger partial charge in [-0.25, -0.2) is 4.98 Å². The Balaban J connectivity index is 1.25. The van der Waals surface area contributed by atoms with E-state index in [1.807, 2.05) is 54.3 Å². The number of thiazole rings is 1. The van der Waals surface area contributed by atoms with Crippen LogP contribution in [0.2, 0.25) is 0 Å². The summed E-state index contributed by atoms with van der Waals surface area (Å²) in [5.41, 5.74) is 3.23. The van der Waals surface area contributed by atoms with Crippen LogP contribution in [-0.4, -0.2) is 53.5 Å². The summed E-state index contributed by atoms with van der Waals surface area (Å²) in [6.07, 6.45) is 0.444. The Labute approximate surface area is 181 Å². The molecule has 0 unspecified atom stereocenters. The first kappa shape index (κ1) is 20.6. The van der Waals surface area contributed by atoms with Crippen LogP contribution in [0.3, 0.4) is 0 Å². The van der Waals surface area contributed by atoms with E-state index in [-0.39, 0.29) is 5.91 Å². The maximum Gasteiger partial charge on any atom is 0.227 e. The number of hydrogen-bond acceptors (Lipinski definition) is 5. The van der Waals surface area contributed by atoms with Crippen LogP contribution in [0.1, 0.15) is 17.5 Å². The first-order chi connectivity index (χ1) is 14.7.